The molecule has 0 N–H and O–H groups in total. The summed E-state index contributed by atoms with van der Waals surface area (Å²) in [4.78, 5) is 0. The molecule has 0 amide bonds. The van der Waals surface area contributed by atoms with E-state index in [1.807, 2.05) is 24.3 Å². The minimum atomic E-state index is -0.299. The normalized spacial score (nSPS) is 27.2. The van der Waals surface area contributed by atoms with Gasteiger partial charge in [-0.3, -0.25) is 0 Å². The van der Waals surface area contributed by atoms with Crippen LogP contribution in [0.2, 0.25) is 0 Å². The van der Waals surface area contributed by atoms with E-state index in [1.165, 1.54) is 0 Å². The Labute approximate surface area is 110 Å². The summed E-state index contributed by atoms with van der Waals surface area (Å²) in [5.41, 5.74) is 1.09. The fourth-order valence-electron chi connectivity index (χ4n) is 2.71. The van der Waals surface area contributed by atoms with E-state index >= 15 is 0 Å². The molecule has 1 aliphatic rings. The summed E-state index contributed by atoms with van der Waals surface area (Å²) < 4.78 is 5.25. The van der Waals surface area contributed by atoms with Crippen molar-refractivity contribution >= 4 is 0 Å². The van der Waals surface area contributed by atoms with Gasteiger partial charge in [0.05, 0.1) is 18.6 Å². The SMILES string of the molecule is COc1cccc(C2(C#N)CC(C(C)(C)C)C2)c1. The molecular weight excluding hydrogens is 222 g/mol. The first-order valence-electron chi connectivity index (χ1n) is 6.47. The van der Waals surface area contributed by atoms with E-state index in [0.29, 0.717) is 11.3 Å². The molecular formula is C16H21NO. The lowest BCUT2D eigenvalue weighted by atomic mass is 9.53. The van der Waals surface area contributed by atoms with Crippen molar-refractivity contribution in [2.75, 3.05) is 7.11 Å². The van der Waals surface area contributed by atoms with Crippen LogP contribution in [0.3, 0.4) is 0 Å². The first-order valence-corrected chi connectivity index (χ1v) is 6.47. The maximum absolute atomic E-state index is 9.55. The topological polar surface area (TPSA) is 33.0 Å². The van der Waals surface area contributed by atoms with Crippen molar-refractivity contribution in [3.8, 4) is 11.8 Å². The van der Waals surface area contributed by atoms with Crippen LogP contribution in [0.4, 0.5) is 0 Å². The second-order valence-electron chi connectivity index (χ2n) is 6.40. The van der Waals surface area contributed by atoms with Crippen molar-refractivity contribution in [2.45, 2.75) is 39.0 Å². The standard InChI is InChI=1S/C16H21NO/c1-15(2,3)13-9-16(10-13,11-17)12-6-5-7-14(8-12)18-4/h5-8,13H,9-10H2,1-4H3. The Morgan fingerprint density at radius 3 is 2.50 bits per heavy atom. The zero-order valence-electron chi connectivity index (χ0n) is 11.7. The Bertz CT molecular complexity index is 473. The minimum absolute atomic E-state index is 0.291. The summed E-state index contributed by atoms with van der Waals surface area (Å²) in [7, 11) is 1.66. The minimum Gasteiger partial charge on any atom is -0.497 e. The molecule has 1 aliphatic carbocycles. The van der Waals surface area contributed by atoms with Crippen LogP contribution in [0.25, 0.3) is 0 Å². The van der Waals surface area contributed by atoms with Crippen LogP contribution in [0.1, 0.15) is 39.2 Å². The number of nitriles is 1. The largest absolute Gasteiger partial charge is 0.497 e. The first-order chi connectivity index (χ1) is 8.41. The molecule has 0 bridgehead atoms. The molecule has 2 nitrogen and oxygen atoms in total. The van der Waals surface area contributed by atoms with E-state index in [9.17, 15) is 5.26 Å². The second kappa shape index (κ2) is 4.31. The van der Waals surface area contributed by atoms with Gasteiger partial charge in [-0.2, -0.15) is 5.26 Å². The zero-order chi connectivity index (χ0) is 13.4. The Balaban J connectivity index is 2.24. The van der Waals surface area contributed by atoms with Crippen LogP contribution in [-0.4, -0.2) is 7.11 Å². The van der Waals surface area contributed by atoms with Crippen LogP contribution in [0, 0.1) is 22.7 Å². The molecule has 0 heterocycles. The lowest BCUT2D eigenvalue weighted by Gasteiger charge is -2.49. The van der Waals surface area contributed by atoms with Crippen LogP contribution < -0.4 is 4.74 Å². The summed E-state index contributed by atoms with van der Waals surface area (Å²) in [6.07, 6.45) is 1.92. The molecule has 0 atom stereocenters. The molecule has 1 aromatic carbocycles. The van der Waals surface area contributed by atoms with Gasteiger partial charge in [0.1, 0.15) is 5.75 Å². The molecule has 0 unspecified atom stereocenters. The molecule has 0 spiro atoms. The summed E-state index contributed by atoms with van der Waals surface area (Å²) in [6, 6.07) is 10.5. The first kappa shape index (κ1) is 13.0. The number of benzene rings is 1. The van der Waals surface area contributed by atoms with E-state index in [1.54, 1.807) is 7.11 Å². The highest BCUT2D eigenvalue weighted by Crippen LogP contribution is 2.54. The van der Waals surface area contributed by atoms with Gasteiger partial charge in [-0.25, -0.2) is 0 Å². The molecule has 2 heteroatoms. The van der Waals surface area contributed by atoms with Crippen molar-refractivity contribution < 1.29 is 4.74 Å². The maximum atomic E-state index is 9.55. The van der Waals surface area contributed by atoms with Crippen LogP contribution in [-0.2, 0) is 5.41 Å². The van der Waals surface area contributed by atoms with Crippen molar-refractivity contribution in [3.05, 3.63) is 29.8 Å². The average molecular weight is 243 g/mol. The number of methoxy groups -OCH3 is 1. The Morgan fingerprint density at radius 2 is 2.00 bits per heavy atom. The highest BCUT2D eigenvalue weighted by atomic mass is 16.5. The number of nitrogens with zero attached hydrogens (tertiary/aromatic N) is 1. The predicted octanol–water partition coefficient (Wildman–Crippen LogP) is 3.91. The van der Waals surface area contributed by atoms with E-state index < -0.39 is 0 Å². The van der Waals surface area contributed by atoms with Gasteiger partial charge in [-0.1, -0.05) is 32.9 Å². The van der Waals surface area contributed by atoms with Crippen LogP contribution in [0.15, 0.2) is 24.3 Å². The molecule has 1 fully saturated rings. The smallest absolute Gasteiger partial charge is 0.119 e. The Morgan fingerprint density at radius 1 is 1.33 bits per heavy atom. The molecule has 0 saturated heterocycles. The molecule has 1 aromatic rings. The third kappa shape index (κ3) is 2.10. The highest BCUT2D eigenvalue weighted by Gasteiger charge is 2.50. The fourth-order valence-corrected chi connectivity index (χ4v) is 2.71. The van der Waals surface area contributed by atoms with Crippen molar-refractivity contribution in [2.24, 2.45) is 11.3 Å². The van der Waals surface area contributed by atoms with Gasteiger partial charge in [0.2, 0.25) is 0 Å². The second-order valence-corrected chi connectivity index (χ2v) is 6.40. The van der Waals surface area contributed by atoms with Gasteiger partial charge in [0, 0.05) is 0 Å². The van der Waals surface area contributed by atoms with E-state index in [-0.39, 0.29) is 5.41 Å². The van der Waals surface area contributed by atoms with E-state index in [4.69, 9.17) is 4.74 Å². The van der Waals surface area contributed by atoms with Crippen molar-refractivity contribution in [1.29, 1.82) is 5.26 Å². The molecule has 96 valence electrons. The van der Waals surface area contributed by atoms with Gasteiger partial charge < -0.3 is 4.74 Å². The molecule has 0 aromatic heterocycles. The molecule has 0 aliphatic heterocycles. The van der Waals surface area contributed by atoms with E-state index in [2.05, 4.69) is 26.8 Å². The summed E-state index contributed by atoms with van der Waals surface area (Å²) in [5.74, 6) is 1.46. The van der Waals surface area contributed by atoms with Gasteiger partial charge in [0.15, 0.2) is 0 Å². The van der Waals surface area contributed by atoms with Crippen LogP contribution in [0.5, 0.6) is 5.75 Å². The number of hydrogen-bond acceptors (Lipinski definition) is 2. The highest BCUT2D eigenvalue weighted by molar-refractivity contribution is 5.40. The molecule has 2 rings (SSSR count). The number of ether oxygens (including phenoxy) is 1. The molecule has 18 heavy (non-hydrogen) atoms. The summed E-state index contributed by atoms with van der Waals surface area (Å²) >= 11 is 0. The molecule has 0 radical (unpaired) electrons. The summed E-state index contributed by atoms with van der Waals surface area (Å²) in [6.45, 7) is 6.76. The lowest BCUT2D eigenvalue weighted by molar-refractivity contribution is 0.0781. The summed E-state index contributed by atoms with van der Waals surface area (Å²) in [5, 5.41) is 9.55. The molecule has 1 saturated carbocycles. The van der Waals surface area contributed by atoms with Gasteiger partial charge in [-0.15, -0.1) is 0 Å². The quantitative estimate of drug-likeness (QED) is 0.789. The lowest BCUT2D eigenvalue weighted by Crippen LogP contribution is -2.45. The average Bonchev–Trinajstić information content (AvgIpc) is 2.27. The third-order valence-electron chi connectivity index (χ3n) is 4.25. The monoisotopic (exact) mass is 243 g/mol. The van der Waals surface area contributed by atoms with Crippen molar-refractivity contribution in [1.82, 2.24) is 0 Å². The number of hydrogen-bond donors (Lipinski definition) is 0. The Hall–Kier alpha value is -1.49. The van der Waals surface area contributed by atoms with Crippen molar-refractivity contribution in [3.63, 3.8) is 0 Å². The van der Waals surface area contributed by atoms with E-state index in [0.717, 1.165) is 24.2 Å². The Kier molecular flexibility index (Phi) is 3.11. The number of rotatable bonds is 2. The van der Waals surface area contributed by atoms with Gasteiger partial charge in [0.25, 0.3) is 0 Å². The maximum Gasteiger partial charge on any atom is 0.119 e. The van der Waals surface area contributed by atoms with Gasteiger partial charge in [-0.05, 0) is 41.9 Å². The fraction of sp³-hybridized carbons (Fsp3) is 0.562. The van der Waals surface area contributed by atoms with Gasteiger partial charge >= 0.3 is 0 Å². The van der Waals surface area contributed by atoms with Crippen LogP contribution >= 0.6 is 0 Å². The zero-order valence-corrected chi connectivity index (χ0v) is 11.7. The third-order valence-corrected chi connectivity index (χ3v) is 4.25. The predicted molar refractivity (Wildman–Crippen MR) is 72.5 cm³/mol.